The summed E-state index contributed by atoms with van der Waals surface area (Å²) in [5.74, 6) is 0.438. The summed E-state index contributed by atoms with van der Waals surface area (Å²) in [6.45, 7) is 2.09. The first kappa shape index (κ1) is 10.1. The van der Waals surface area contributed by atoms with Crippen molar-refractivity contribution >= 4 is 5.78 Å². The Morgan fingerprint density at radius 1 is 1.50 bits per heavy atom. The zero-order valence-electron chi connectivity index (χ0n) is 8.82. The smallest absolute Gasteiger partial charge is 0.161 e. The third kappa shape index (κ3) is 1.22. The molecule has 4 unspecified atom stereocenters. The van der Waals surface area contributed by atoms with Crippen LogP contribution in [-0.2, 0) is 9.53 Å². The number of ether oxygens (including phenoxy) is 1. The van der Waals surface area contributed by atoms with Crippen LogP contribution in [0.1, 0.15) is 32.6 Å². The Labute approximate surface area is 84.4 Å². The first-order valence-corrected chi connectivity index (χ1v) is 5.33. The van der Waals surface area contributed by atoms with Crippen LogP contribution in [0.15, 0.2) is 0 Å². The van der Waals surface area contributed by atoms with Gasteiger partial charge in [0.05, 0.1) is 6.10 Å². The molecular weight excluding hydrogens is 180 g/mol. The molecule has 0 saturated heterocycles. The maximum atomic E-state index is 11.6. The van der Waals surface area contributed by atoms with E-state index in [4.69, 9.17) is 4.74 Å². The predicted octanol–water partition coefficient (Wildman–Crippen LogP) is 1.14. The van der Waals surface area contributed by atoms with Gasteiger partial charge in [-0.2, -0.15) is 0 Å². The number of ketones is 1. The maximum absolute atomic E-state index is 11.6. The second-order valence-corrected chi connectivity index (χ2v) is 4.83. The summed E-state index contributed by atoms with van der Waals surface area (Å²) < 4.78 is 5.27. The van der Waals surface area contributed by atoms with E-state index in [1.807, 2.05) is 0 Å². The van der Waals surface area contributed by atoms with E-state index in [9.17, 15) is 9.90 Å². The summed E-state index contributed by atoms with van der Waals surface area (Å²) in [5, 5.41) is 9.92. The SMILES string of the molecule is COC1C(=O)CCC2(C)C(O)CCC12. The van der Waals surface area contributed by atoms with Gasteiger partial charge in [-0.3, -0.25) is 4.79 Å². The van der Waals surface area contributed by atoms with E-state index in [1.165, 1.54) is 0 Å². The molecule has 0 bridgehead atoms. The van der Waals surface area contributed by atoms with Crippen LogP contribution in [0.25, 0.3) is 0 Å². The van der Waals surface area contributed by atoms with E-state index in [-0.39, 0.29) is 29.3 Å². The number of methoxy groups -OCH3 is 1. The number of aliphatic hydroxyl groups excluding tert-OH is 1. The zero-order chi connectivity index (χ0) is 10.3. The van der Waals surface area contributed by atoms with E-state index >= 15 is 0 Å². The summed E-state index contributed by atoms with van der Waals surface area (Å²) in [7, 11) is 1.60. The molecule has 4 atom stereocenters. The van der Waals surface area contributed by atoms with Gasteiger partial charge >= 0.3 is 0 Å². The highest BCUT2D eigenvalue weighted by molar-refractivity contribution is 5.84. The summed E-state index contributed by atoms with van der Waals surface area (Å²) in [6, 6.07) is 0. The largest absolute Gasteiger partial charge is 0.393 e. The minimum Gasteiger partial charge on any atom is -0.393 e. The molecule has 2 rings (SSSR count). The molecule has 80 valence electrons. The van der Waals surface area contributed by atoms with Gasteiger partial charge in [0.25, 0.3) is 0 Å². The Morgan fingerprint density at radius 3 is 2.86 bits per heavy atom. The molecule has 0 aliphatic heterocycles. The topological polar surface area (TPSA) is 46.5 Å². The summed E-state index contributed by atoms with van der Waals surface area (Å²) in [4.78, 5) is 11.6. The van der Waals surface area contributed by atoms with Crippen LogP contribution in [0, 0.1) is 11.3 Å². The van der Waals surface area contributed by atoms with Crippen LogP contribution in [0.3, 0.4) is 0 Å². The van der Waals surface area contributed by atoms with Gasteiger partial charge in [-0.25, -0.2) is 0 Å². The van der Waals surface area contributed by atoms with Crippen molar-refractivity contribution in [2.24, 2.45) is 11.3 Å². The molecule has 1 N–H and O–H groups in total. The Bertz CT molecular complexity index is 251. The van der Waals surface area contributed by atoms with Gasteiger partial charge in [-0.05, 0) is 24.7 Å². The molecule has 0 amide bonds. The minimum atomic E-state index is -0.272. The van der Waals surface area contributed by atoms with E-state index in [0.29, 0.717) is 6.42 Å². The first-order chi connectivity index (χ1) is 6.59. The molecule has 0 aromatic heterocycles. The highest BCUT2D eigenvalue weighted by atomic mass is 16.5. The second kappa shape index (κ2) is 3.31. The van der Waals surface area contributed by atoms with Gasteiger partial charge in [0.2, 0.25) is 0 Å². The van der Waals surface area contributed by atoms with Crippen molar-refractivity contribution in [3.8, 4) is 0 Å². The van der Waals surface area contributed by atoms with Crippen molar-refractivity contribution in [3.05, 3.63) is 0 Å². The molecule has 14 heavy (non-hydrogen) atoms. The van der Waals surface area contributed by atoms with E-state index < -0.39 is 0 Å². The summed E-state index contributed by atoms with van der Waals surface area (Å²) in [6.07, 6.45) is 2.58. The van der Waals surface area contributed by atoms with Crippen LogP contribution < -0.4 is 0 Å². The Hall–Kier alpha value is -0.410. The van der Waals surface area contributed by atoms with Crippen molar-refractivity contribution in [1.82, 2.24) is 0 Å². The number of hydrogen-bond donors (Lipinski definition) is 1. The first-order valence-electron chi connectivity index (χ1n) is 5.33. The molecule has 2 aliphatic carbocycles. The van der Waals surface area contributed by atoms with E-state index in [2.05, 4.69) is 6.92 Å². The molecule has 0 aromatic carbocycles. The maximum Gasteiger partial charge on any atom is 0.161 e. The highest BCUT2D eigenvalue weighted by Crippen LogP contribution is 2.51. The van der Waals surface area contributed by atoms with Gasteiger partial charge in [-0.1, -0.05) is 6.92 Å². The molecule has 0 heterocycles. The fourth-order valence-electron chi connectivity index (χ4n) is 3.15. The zero-order valence-corrected chi connectivity index (χ0v) is 8.82. The normalized spacial score (nSPS) is 47.9. The Kier molecular flexibility index (Phi) is 2.40. The number of Topliss-reactive ketones (excluding diaryl/α,β-unsaturated/α-hetero) is 1. The highest BCUT2D eigenvalue weighted by Gasteiger charge is 2.53. The summed E-state index contributed by atoms with van der Waals surface area (Å²) in [5.41, 5.74) is -0.0887. The predicted molar refractivity (Wildman–Crippen MR) is 51.9 cm³/mol. The van der Waals surface area contributed by atoms with Crippen LogP contribution in [0.5, 0.6) is 0 Å². The molecule has 2 aliphatic rings. The number of fused-ring (bicyclic) bond motifs is 1. The lowest BCUT2D eigenvalue weighted by atomic mass is 9.67. The van der Waals surface area contributed by atoms with Crippen molar-refractivity contribution in [3.63, 3.8) is 0 Å². The number of rotatable bonds is 1. The van der Waals surface area contributed by atoms with Gasteiger partial charge < -0.3 is 9.84 Å². The average molecular weight is 198 g/mol. The molecule has 2 fully saturated rings. The van der Waals surface area contributed by atoms with Gasteiger partial charge in [0.15, 0.2) is 5.78 Å². The number of carbonyl (C=O) groups excluding carboxylic acids is 1. The van der Waals surface area contributed by atoms with E-state index in [0.717, 1.165) is 19.3 Å². The lowest BCUT2D eigenvalue weighted by molar-refractivity contribution is -0.144. The lowest BCUT2D eigenvalue weighted by Crippen LogP contribution is -2.47. The van der Waals surface area contributed by atoms with Crippen molar-refractivity contribution in [1.29, 1.82) is 0 Å². The van der Waals surface area contributed by atoms with E-state index in [1.54, 1.807) is 7.11 Å². The third-order valence-corrected chi connectivity index (χ3v) is 4.21. The van der Waals surface area contributed by atoms with Crippen LogP contribution in [0.2, 0.25) is 0 Å². The standard InChI is InChI=1S/C11H18O3/c1-11-6-5-8(12)10(14-2)7(11)3-4-9(11)13/h7,9-10,13H,3-6H2,1-2H3. The van der Waals surface area contributed by atoms with Gasteiger partial charge in [0.1, 0.15) is 6.10 Å². The molecular formula is C11H18O3. The van der Waals surface area contributed by atoms with Gasteiger partial charge in [0, 0.05) is 19.4 Å². The molecule has 0 spiro atoms. The molecule has 3 nitrogen and oxygen atoms in total. The monoisotopic (exact) mass is 198 g/mol. The Balaban J connectivity index is 2.26. The second-order valence-electron chi connectivity index (χ2n) is 4.83. The number of carbonyl (C=O) groups is 1. The van der Waals surface area contributed by atoms with Crippen LogP contribution in [0.4, 0.5) is 0 Å². The van der Waals surface area contributed by atoms with Gasteiger partial charge in [-0.15, -0.1) is 0 Å². The number of hydrogen-bond acceptors (Lipinski definition) is 3. The number of aliphatic hydroxyl groups is 1. The molecule has 3 heteroatoms. The molecule has 0 aromatic rings. The van der Waals surface area contributed by atoms with Crippen molar-refractivity contribution in [2.45, 2.75) is 44.8 Å². The fourth-order valence-corrected chi connectivity index (χ4v) is 3.15. The Morgan fingerprint density at radius 2 is 2.21 bits per heavy atom. The third-order valence-electron chi connectivity index (χ3n) is 4.21. The van der Waals surface area contributed by atoms with Crippen molar-refractivity contribution < 1.29 is 14.6 Å². The van der Waals surface area contributed by atoms with Crippen molar-refractivity contribution in [2.75, 3.05) is 7.11 Å². The fraction of sp³-hybridized carbons (Fsp3) is 0.909. The lowest BCUT2D eigenvalue weighted by Gasteiger charge is -2.41. The minimum absolute atomic E-state index is 0.0887. The van der Waals surface area contributed by atoms with Crippen LogP contribution in [-0.4, -0.2) is 30.2 Å². The average Bonchev–Trinajstić information content (AvgIpc) is 2.45. The quantitative estimate of drug-likeness (QED) is 0.687. The summed E-state index contributed by atoms with van der Waals surface area (Å²) >= 11 is 0. The van der Waals surface area contributed by atoms with Crippen LogP contribution >= 0.6 is 0 Å². The molecule has 0 radical (unpaired) electrons. The molecule has 2 saturated carbocycles.